The van der Waals surface area contributed by atoms with Gasteiger partial charge in [-0.2, -0.15) is 0 Å². The third-order valence-corrected chi connectivity index (χ3v) is 7.30. The van der Waals surface area contributed by atoms with Gasteiger partial charge in [0.1, 0.15) is 19.3 Å². The Hall–Kier alpha value is -0.0100. The van der Waals surface area contributed by atoms with E-state index in [0.29, 0.717) is 17.6 Å². The van der Waals surface area contributed by atoms with Crippen molar-refractivity contribution in [2.24, 2.45) is 0 Å². The topological polar surface area (TPSA) is 77.0 Å². The molecule has 0 aromatic carbocycles. The van der Waals surface area contributed by atoms with E-state index in [2.05, 4.69) is 12.2 Å². The maximum atomic E-state index is 12.2. The van der Waals surface area contributed by atoms with E-state index < -0.39 is 13.9 Å². The van der Waals surface area contributed by atoms with Crippen molar-refractivity contribution in [2.45, 2.75) is 116 Å². The number of nitrogens with zero attached hydrogens (tertiary/aromatic N) is 1. The lowest BCUT2D eigenvalue weighted by Gasteiger charge is -2.25. The van der Waals surface area contributed by atoms with Gasteiger partial charge in [0.25, 0.3) is 0 Å². The predicted octanol–water partition coefficient (Wildman–Crippen LogP) is 6.69. The first-order valence-electron chi connectivity index (χ1n) is 14.4. The zero-order chi connectivity index (χ0) is 26.3. The molecule has 0 saturated carbocycles. The summed E-state index contributed by atoms with van der Waals surface area (Å²) < 4.78 is 28.4. The number of phosphoric ester groups is 1. The van der Waals surface area contributed by atoms with Crippen LogP contribution >= 0.6 is 7.82 Å². The number of unbranched alkanes of at least 4 members (excludes halogenated alkanes) is 15. The molecule has 0 spiro atoms. The quantitative estimate of drug-likeness (QED) is 0.0709. The molecule has 0 saturated heterocycles. The fourth-order valence-electron chi connectivity index (χ4n) is 4.02. The molecule has 0 aromatic heterocycles. The molecule has 7 nitrogen and oxygen atoms in total. The summed E-state index contributed by atoms with van der Waals surface area (Å²) in [5.41, 5.74) is 0. The second-order valence-corrected chi connectivity index (χ2v) is 12.4. The summed E-state index contributed by atoms with van der Waals surface area (Å²) in [4.78, 5) is 9.98. The highest BCUT2D eigenvalue weighted by atomic mass is 31.2. The average Bonchev–Trinajstić information content (AvgIpc) is 2.77. The first-order chi connectivity index (χ1) is 16.7. The van der Waals surface area contributed by atoms with E-state index in [4.69, 9.17) is 13.8 Å². The van der Waals surface area contributed by atoms with Gasteiger partial charge in [-0.3, -0.25) is 9.05 Å². The number of hydrogen-bond donors (Lipinski definition) is 2. The van der Waals surface area contributed by atoms with Crippen LogP contribution in [0.1, 0.15) is 110 Å². The highest BCUT2D eigenvalue weighted by molar-refractivity contribution is 7.47. The predicted molar refractivity (Wildman–Crippen MR) is 148 cm³/mol. The second kappa shape index (κ2) is 23.1. The monoisotopic (exact) mass is 523 g/mol. The Morgan fingerprint density at radius 1 is 0.800 bits per heavy atom. The van der Waals surface area contributed by atoms with Gasteiger partial charge in [-0.25, -0.2) is 4.57 Å². The van der Waals surface area contributed by atoms with Crippen molar-refractivity contribution in [2.75, 3.05) is 61.1 Å². The van der Waals surface area contributed by atoms with Crippen molar-refractivity contribution in [1.82, 2.24) is 5.32 Å². The van der Waals surface area contributed by atoms with Crippen LogP contribution in [-0.4, -0.2) is 76.6 Å². The lowest BCUT2D eigenvalue weighted by molar-refractivity contribution is -0.870. The molecule has 0 rings (SSSR count). The van der Waals surface area contributed by atoms with Crippen molar-refractivity contribution in [1.29, 1.82) is 0 Å². The molecule has 0 aliphatic carbocycles. The third kappa shape index (κ3) is 26.9. The summed E-state index contributed by atoms with van der Waals surface area (Å²) in [5, 5.41) is 3.33. The van der Waals surface area contributed by atoms with Crippen LogP contribution in [0.5, 0.6) is 0 Å². The summed E-state index contributed by atoms with van der Waals surface area (Å²) in [5.74, 6) is 0. The fraction of sp³-hybridized carbons (Fsp3) is 1.00. The van der Waals surface area contributed by atoms with Gasteiger partial charge in [-0.05, 0) is 13.0 Å². The first kappa shape index (κ1) is 35.0. The highest BCUT2D eigenvalue weighted by Gasteiger charge is 2.27. The van der Waals surface area contributed by atoms with Crippen LogP contribution in [0, 0.1) is 0 Å². The molecule has 0 fully saturated rings. The Labute approximate surface area is 217 Å². The minimum atomic E-state index is -4.09. The lowest BCUT2D eigenvalue weighted by Crippen LogP contribution is -2.37. The summed E-state index contributed by atoms with van der Waals surface area (Å²) in [6.45, 7) is 4.66. The van der Waals surface area contributed by atoms with Gasteiger partial charge < -0.3 is 19.4 Å². The van der Waals surface area contributed by atoms with E-state index in [-0.39, 0.29) is 13.2 Å². The minimum Gasteiger partial charge on any atom is -0.382 e. The van der Waals surface area contributed by atoms with Crippen molar-refractivity contribution < 1.29 is 27.7 Å². The Morgan fingerprint density at radius 2 is 1.26 bits per heavy atom. The van der Waals surface area contributed by atoms with Crippen LogP contribution in [0.2, 0.25) is 0 Å². The van der Waals surface area contributed by atoms with Gasteiger partial charge in [0.2, 0.25) is 0 Å². The van der Waals surface area contributed by atoms with Gasteiger partial charge in [0.05, 0.1) is 27.7 Å². The van der Waals surface area contributed by atoms with E-state index in [0.717, 1.165) is 13.0 Å². The molecule has 0 bridgehead atoms. The van der Waals surface area contributed by atoms with E-state index in [9.17, 15) is 9.46 Å². The molecule has 212 valence electrons. The van der Waals surface area contributed by atoms with Crippen LogP contribution in [0.4, 0.5) is 0 Å². The Kier molecular flexibility index (Phi) is 23.1. The standard InChI is InChI=1S/C27H59N2O5P/c1-6-7-8-9-10-11-12-13-14-15-16-17-18-19-20-21-22-28-25-27(26-32-5)34-35(30,31)33-24-23-29(2,3)4/h27-28H,6-26H2,1-5H3/p+1. The average molecular weight is 524 g/mol. The number of rotatable bonds is 27. The SMILES string of the molecule is CCCCCCCCCCCCCCCCCCNCC(COC)OP(=O)(O)OCC[N+](C)(C)C. The van der Waals surface area contributed by atoms with Gasteiger partial charge in [-0.15, -0.1) is 0 Å². The number of ether oxygens (including phenoxy) is 1. The zero-order valence-corrected chi connectivity index (χ0v) is 24.8. The van der Waals surface area contributed by atoms with Crippen LogP contribution < -0.4 is 5.32 Å². The van der Waals surface area contributed by atoms with Crippen molar-refractivity contribution in [3.8, 4) is 0 Å². The molecule has 0 aliphatic heterocycles. The van der Waals surface area contributed by atoms with E-state index in [1.165, 1.54) is 96.3 Å². The summed E-state index contributed by atoms with van der Waals surface area (Å²) >= 11 is 0. The Morgan fingerprint density at radius 3 is 1.69 bits per heavy atom. The Bertz CT molecular complexity index is 502. The highest BCUT2D eigenvalue weighted by Crippen LogP contribution is 2.44. The first-order valence-corrected chi connectivity index (χ1v) is 15.9. The van der Waals surface area contributed by atoms with Crippen molar-refractivity contribution in [3.05, 3.63) is 0 Å². The van der Waals surface area contributed by atoms with E-state index in [1.807, 2.05) is 21.1 Å². The van der Waals surface area contributed by atoms with Gasteiger partial charge in [0, 0.05) is 13.7 Å². The lowest BCUT2D eigenvalue weighted by atomic mass is 10.0. The van der Waals surface area contributed by atoms with Crippen molar-refractivity contribution in [3.63, 3.8) is 0 Å². The van der Waals surface area contributed by atoms with Crippen LogP contribution in [0.25, 0.3) is 0 Å². The van der Waals surface area contributed by atoms with E-state index >= 15 is 0 Å². The van der Waals surface area contributed by atoms with E-state index in [1.54, 1.807) is 7.11 Å². The molecule has 2 atom stereocenters. The molecule has 8 heteroatoms. The Balaban J connectivity index is 3.60. The maximum Gasteiger partial charge on any atom is 0.472 e. The number of quaternary nitrogens is 1. The molecule has 0 amide bonds. The third-order valence-electron chi connectivity index (χ3n) is 6.23. The fourth-order valence-corrected chi connectivity index (χ4v) is 4.91. The normalized spacial score (nSPS) is 14.8. The van der Waals surface area contributed by atoms with Gasteiger partial charge in [-0.1, -0.05) is 103 Å². The number of hydrogen-bond acceptors (Lipinski definition) is 5. The van der Waals surface area contributed by atoms with Crippen molar-refractivity contribution >= 4 is 7.82 Å². The summed E-state index contributed by atoms with van der Waals surface area (Å²) in [6, 6.07) is 0. The molecule has 2 N–H and O–H groups in total. The van der Waals surface area contributed by atoms with Crippen LogP contribution in [0.3, 0.4) is 0 Å². The molecule has 0 heterocycles. The summed E-state index contributed by atoms with van der Waals surface area (Å²) in [6.07, 6.45) is 21.3. The minimum absolute atomic E-state index is 0.170. The van der Waals surface area contributed by atoms with Gasteiger partial charge >= 0.3 is 7.82 Å². The van der Waals surface area contributed by atoms with Crippen LogP contribution in [0.15, 0.2) is 0 Å². The van der Waals surface area contributed by atoms with Crippen LogP contribution in [-0.2, 0) is 18.3 Å². The molecule has 0 radical (unpaired) electrons. The molecule has 0 aliphatic rings. The van der Waals surface area contributed by atoms with Gasteiger partial charge in [0.15, 0.2) is 0 Å². The molecular formula is C27H60N2O5P+. The smallest absolute Gasteiger partial charge is 0.382 e. The zero-order valence-electron chi connectivity index (χ0n) is 23.9. The summed E-state index contributed by atoms with van der Waals surface area (Å²) in [7, 11) is 3.48. The maximum absolute atomic E-state index is 12.2. The molecule has 35 heavy (non-hydrogen) atoms. The number of methoxy groups -OCH3 is 1. The molecule has 0 aromatic rings. The number of phosphoric acid groups is 1. The number of nitrogens with one attached hydrogen (secondary N) is 1. The molecule has 2 unspecified atom stereocenters. The number of likely N-dealkylation sites (N-methyl/N-ethyl adjacent to an activating group) is 1. The largest absolute Gasteiger partial charge is 0.472 e. The molecular weight excluding hydrogens is 463 g/mol. The second-order valence-electron chi connectivity index (χ2n) is 11.0.